The van der Waals surface area contributed by atoms with Gasteiger partial charge in [-0.3, -0.25) is 4.79 Å². The van der Waals surface area contributed by atoms with E-state index in [9.17, 15) is 14.4 Å². The minimum absolute atomic E-state index is 0.0546. The molecule has 1 saturated heterocycles. The molecule has 0 spiro atoms. The zero-order valence-electron chi connectivity index (χ0n) is 15.7. The number of carboxylic acid groups (broad SMARTS) is 2. The number of piperidine rings is 1. The Hall–Kier alpha value is -2.49. The summed E-state index contributed by atoms with van der Waals surface area (Å²) in [6, 6.07) is 10.2. The van der Waals surface area contributed by atoms with Gasteiger partial charge in [-0.2, -0.15) is 0 Å². The number of carbonyl (C=O) groups is 3. The van der Waals surface area contributed by atoms with Gasteiger partial charge in [0.05, 0.1) is 12.0 Å². The van der Waals surface area contributed by atoms with Crippen LogP contribution < -0.4 is 5.32 Å². The Bertz CT molecular complexity index is 625. The number of carboxylic acids is 2. The van der Waals surface area contributed by atoms with Crippen molar-refractivity contribution in [3.63, 3.8) is 0 Å². The largest absolute Gasteiger partial charge is 0.479 e. The fourth-order valence-electron chi connectivity index (χ4n) is 2.91. The third-order valence-electron chi connectivity index (χ3n) is 4.37. The first-order valence-corrected chi connectivity index (χ1v) is 8.97. The molecule has 0 radical (unpaired) electrons. The molecule has 3 atom stereocenters. The zero-order chi connectivity index (χ0) is 21.2. The average Bonchev–Trinajstić information content (AvgIpc) is 2.68. The maximum absolute atomic E-state index is 12.3. The van der Waals surface area contributed by atoms with E-state index in [-0.39, 0.29) is 11.4 Å². The van der Waals surface area contributed by atoms with Crippen molar-refractivity contribution in [2.45, 2.75) is 38.4 Å². The van der Waals surface area contributed by atoms with Crippen molar-refractivity contribution in [1.29, 1.82) is 0 Å². The van der Waals surface area contributed by atoms with Crippen LogP contribution in [0.15, 0.2) is 30.3 Å². The summed E-state index contributed by atoms with van der Waals surface area (Å²) in [5.74, 6) is -3.59. The summed E-state index contributed by atoms with van der Waals surface area (Å²) in [5, 5.41) is 35.9. The molecular weight excluding hydrogens is 370 g/mol. The Kier molecular flexibility index (Phi) is 9.57. The fraction of sp³-hybridized carbons (Fsp3) is 0.526. The summed E-state index contributed by atoms with van der Waals surface area (Å²) in [6.07, 6.45) is -1.83. The molecule has 1 aromatic carbocycles. The molecule has 5 N–H and O–H groups in total. The molecule has 1 heterocycles. The van der Waals surface area contributed by atoms with Crippen LogP contribution in [0.2, 0.25) is 0 Å². The Morgan fingerprint density at radius 2 is 1.68 bits per heavy atom. The van der Waals surface area contributed by atoms with E-state index in [2.05, 4.69) is 17.4 Å². The molecule has 2 unspecified atom stereocenters. The Labute approximate surface area is 163 Å². The summed E-state index contributed by atoms with van der Waals surface area (Å²) in [6.45, 7) is 4.04. The van der Waals surface area contributed by atoms with Crippen molar-refractivity contribution in [1.82, 2.24) is 5.32 Å². The van der Waals surface area contributed by atoms with Crippen molar-refractivity contribution in [3.8, 4) is 0 Å². The number of hydrogen-bond acceptors (Lipinski definition) is 7. The Balaban J connectivity index is 0.000000336. The van der Waals surface area contributed by atoms with Crippen LogP contribution >= 0.6 is 0 Å². The number of benzene rings is 1. The van der Waals surface area contributed by atoms with Crippen molar-refractivity contribution in [2.75, 3.05) is 19.7 Å². The second kappa shape index (κ2) is 11.4. The topological polar surface area (TPSA) is 153 Å². The molecular formula is C19H27NO8. The lowest BCUT2D eigenvalue weighted by Crippen LogP contribution is -2.47. The molecule has 1 aromatic rings. The summed E-state index contributed by atoms with van der Waals surface area (Å²) in [4.78, 5) is 31.8. The second-order valence-corrected chi connectivity index (χ2v) is 6.51. The molecule has 0 aliphatic carbocycles. The average molecular weight is 397 g/mol. The van der Waals surface area contributed by atoms with Gasteiger partial charge in [0.2, 0.25) is 0 Å². The number of hydrogen-bond donors (Lipinski definition) is 5. The maximum atomic E-state index is 12.3. The first-order chi connectivity index (χ1) is 13.2. The lowest BCUT2D eigenvalue weighted by atomic mass is 9.76. The van der Waals surface area contributed by atoms with E-state index in [0.717, 1.165) is 32.4 Å². The Morgan fingerprint density at radius 3 is 2.11 bits per heavy atom. The molecule has 0 bridgehead atoms. The van der Waals surface area contributed by atoms with Crippen molar-refractivity contribution >= 4 is 17.9 Å². The third kappa shape index (κ3) is 6.91. The number of carbonyl (C=O) groups excluding carboxylic acids is 1. The van der Waals surface area contributed by atoms with Gasteiger partial charge in [0.1, 0.15) is 0 Å². The molecule has 1 fully saturated rings. The van der Waals surface area contributed by atoms with Gasteiger partial charge in [-0.25, -0.2) is 9.59 Å². The molecule has 28 heavy (non-hydrogen) atoms. The second-order valence-electron chi connectivity index (χ2n) is 6.51. The predicted octanol–water partition coefficient (Wildman–Crippen LogP) is 0.0394. The minimum atomic E-state index is -2.27. The highest BCUT2D eigenvalue weighted by molar-refractivity contribution is 5.83. The summed E-state index contributed by atoms with van der Waals surface area (Å²) in [5.41, 5.74) is 0.824. The van der Waals surface area contributed by atoms with Crippen molar-refractivity contribution < 1.29 is 39.5 Å². The highest BCUT2D eigenvalue weighted by atomic mass is 16.5. The SMILES string of the molecule is CCOC(=O)[C@@]1(Cc2ccccc2)CCCNC1.O=C(O)C(O)C(O)C(=O)O. The van der Waals surface area contributed by atoms with E-state index in [4.69, 9.17) is 25.2 Å². The van der Waals surface area contributed by atoms with Crippen LogP contribution in [0.4, 0.5) is 0 Å². The van der Waals surface area contributed by atoms with E-state index >= 15 is 0 Å². The molecule has 9 nitrogen and oxygen atoms in total. The molecule has 156 valence electrons. The van der Waals surface area contributed by atoms with Crippen molar-refractivity contribution in [3.05, 3.63) is 35.9 Å². The number of rotatable bonds is 7. The van der Waals surface area contributed by atoms with Crippen LogP contribution in [0.1, 0.15) is 25.3 Å². The highest BCUT2D eigenvalue weighted by Gasteiger charge is 2.41. The molecule has 1 aliphatic rings. The minimum Gasteiger partial charge on any atom is -0.479 e. The van der Waals surface area contributed by atoms with Crippen molar-refractivity contribution in [2.24, 2.45) is 5.41 Å². The van der Waals surface area contributed by atoms with Crippen LogP contribution in [0, 0.1) is 5.41 Å². The monoisotopic (exact) mass is 397 g/mol. The Morgan fingerprint density at radius 1 is 1.11 bits per heavy atom. The van der Waals surface area contributed by atoms with Crippen LogP contribution in [0.25, 0.3) is 0 Å². The van der Waals surface area contributed by atoms with Gasteiger partial charge in [-0.1, -0.05) is 30.3 Å². The number of nitrogens with one attached hydrogen (secondary N) is 1. The van der Waals surface area contributed by atoms with E-state index in [1.54, 1.807) is 0 Å². The summed E-state index contributed by atoms with van der Waals surface area (Å²) >= 11 is 0. The number of aliphatic hydroxyl groups is 2. The molecule has 1 aliphatic heterocycles. The molecule has 9 heteroatoms. The van der Waals surface area contributed by atoms with Crippen LogP contribution in [0.3, 0.4) is 0 Å². The molecule has 0 aromatic heterocycles. The number of ether oxygens (including phenoxy) is 1. The van der Waals surface area contributed by atoms with Gasteiger partial charge in [0, 0.05) is 6.54 Å². The smallest absolute Gasteiger partial charge is 0.335 e. The van der Waals surface area contributed by atoms with Crippen LogP contribution in [-0.4, -0.2) is 70.2 Å². The predicted molar refractivity (Wildman–Crippen MR) is 98.6 cm³/mol. The van der Waals surface area contributed by atoms with Crippen LogP contribution in [0.5, 0.6) is 0 Å². The van der Waals surface area contributed by atoms with Gasteiger partial charge in [0.25, 0.3) is 0 Å². The quantitative estimate of drug-likeness (QED) is 0.401. The van der Waals surface area contributed by atoms with Crippen LogP contribution in [-0.2, 0) is 25.5 Å². The first kappa shape index (κ1) is 23.5. The van der Waals surface area contributed by atoms with Gasteiger partial charge in [0.15, 0.2) is 12.2 Å². The van der Waals surface area contributed by atoms with E-state index in [1.165, 1.54) is 5.56 Å². The van der Waals surface area contributed by atoms with E-state index in [0.29, 0.717) is 6.61 Å². The third-order valence-corrected chi connectivity index (χ3v) is 4.37. The lowest BCUT2D eigenvalue weighted by Gasteiger charge is -2.35. The van der Waals surface area contributed by atoms with Gasteiger partial charge in [-0.15, -0.1) is 0 Å². The summed E-state index contributed by atoms with van der Waals surface area (Å²) < 4.78 is 5.28. The van der Waals surface area contributed by atoms with Gasteiger partial charge < -0.3 is 30.5 Å². The van der Waals surface area contributed by atoms with Gasteiger partial charge >= 0.3 is 17.9 Å². The normalized spacial score (nSPS) is 20.8. The number of aliphatic hydroxyl groups excluding tert-OH is 2. The zero-order valence-corrected chi connectivity index (χ0v) is 15.7. The maximum Gasteiger partial charge on any atom is 0.335 e. The number of aliphatic carboxylic acids is 2. The van der Waals surface area contributed by atoms with Gasteiger partial charge in [-0.05, 0) is 38.3 Å². The summed E-state index contributed by atoms with van der Waals surface area (Å²) in [7, 11) is 0. The highest BCUT2D eigenvalue weighted by Crippen LogP contribution is 2.32. The number of esters is 1. The first-order valence-electron chi connectivity index (χ1n) is 8.97. The van der Waals surface area contributed by atoms with E-state index in [1.807, 2.05) is 25.1 Å². The molecule has 2 rings (SSSR count). The fourth-order valence-corrected chi connectivity index (χ4v) is 2.91. The van der Waals surface area contributed by atoms with E-state index < -0.39 is 24.1 Å². The molecule has 0 saturated carbocycles. The molecule has 0 amide bonds. The lowest BCUT2D eigenvalue weighted by molar-refractivity contribution is -0.165. The standard InChI is InChI=1S/C15H21NO2.C4H6O6/c1-2-18-14(17)15(9-6-10-16-12-15)11-13-7-4-3-5-8-13;5-1(3(7)8)2(6)4(9)10/h3-5,7-8,16H,2,6,9-12H2,1H3;1-2,5-6H,(H,7,8)(H,9,10)/t15-;/m1./s1.